The van der Waals surface area contributed by atoms with Crippen molar-refractivity contribution in [3.63, 3.8) is 0 Å². The molecule has 0 spiro atoms. The molecule has 0 amide bonds. The Morgan fingerprint density at radius 3 is 2.19 bits per heavy atom. The summed E-state index contributed by atoms with van der Waals surface area (Å²) in [6, 6.07) is 6.61. The van der Waals surface area contributed by atoms with Crippen LogP contribution < -0.4 is 5.73 Å². The third kappa shape index (κ3) is 3.04. The van der Waals surface area contributed by atoms with E-state index in [9.17, 15) is 8.42 Å². The van der Waals surface area contributed by atoms with E-state index in [1.165, 1.54) is 0 Å². The number of aryl methyl sites for hydroxylation is 1. The van der Waals surface area contributed by atoms with Crippen LogP contribution >= 0.6 is 0 Å². The zero-order valence-electron chi connectivity index (χ0n) is 9.42. The average Bonchev–Trinajstić information content (AvgIpc) is 2.17. The quantitative estimate of drug-likeness (QED) is 0.802. The summed E-state index contributed by atoms with van der Waals surface area (Å²) in [6.07, 6.45) is 1.09. The predicted octanol–water partition coefficient (Wildman–Crippen LogP) is 0.400. The summed E-state index contributed by atoms with van der Waals surface area (Å²) in [4.78, 5) is 0. The molecule has 2 atom stereocenters. The molecular weight excluding hydrogens is 226 g/mol. The zero-order chi connectivity index (χ0) is 12.3. The molecule has 0 heterocycles. The molecule has 0 aliphatic rings. The molecule has 0 radical (unpaired) electrons. The normalized spacial score (nSPS) is 15.8. The monoisotopic (exact) mass is 243 g/mol. The van der Waals surface area contributed by atoms with Gasteiger partial charge in [-0.25, -0.2) is 8.42 Å². The minimum atomic E-state index is -3.35. The summed E-state index contributed by atoms with van der Waals surface area (Å²) in [5.41, 5.74) is 7.64. The molecular formula is C11H17NO3S. The van der Waals surface area contributed by atoms with E-state index in [0.717, 1.165) is 17.4 Å². The average molecular weight is 243 g/mol. The van der Waals surface area contributed by atoms with Gasteiger partial charge in [0.15, 0.2) is 9.84 Å². The molecule has 1 rings (SSSR count). The molecule has 0 aromatic heterocycles. The number of sulfone groups is 1. The van der Waals surface area contributed by atoms with Gasteiger partial charge in [0.05, 0.1) is 6.61 Å². The molecule has 1 aromatic rings. The highest BCUT2D eigenvalue weighted by Crippen LogP contribution is 2.19. The second kappa shape index (κ2) is 4.95. The summed E-state index contributed by atoms with van der Waals surface area (Å²) >= 11 is 0. The Balaban J connectivity index is 3.00. The Morgan fingerprint density at radius 1 is 1.31 bits per heavy atom. The van der Waals surface area contributed by atoms with Crippen LogP contribution in [0.5, 0.6) is 0 Å². The minimum absolute atomic E-state index is 0.464. The highest BCUT2D eigenvalue weighted by atomic mass is 32.2. The molecule has 16 heavy (non-hydrogen) atoms. The van der Waals surface area contributed by atoms with Crippen molar-refractivity contribution in [2.75, 3.05) is 12.9 Å². The lowest BCUT2D eigenvalue weighted by Gasteiger charge is -2.20. The van der Waals surface area contributed by atoms with Crippen molar-refractivity contribution in [1.82, 2.24) is 0 Å². The van der Waals surface area contributed by atoms with Crippen molar-refractivity contribution in [2.45, 2.75) is 18.2 Å². The minimum Gasteiger partial charge on any atom is -0.395 e. The van der Waals surface area contributed by atoms with E-state index in [2.05, 4.69) is 0 Å². The summed E-state index contributed by atoms with van der Waals surface area (Å²) < 4.78 is 22.8. The van der Waals surface area contributed by atoms with Crippen LogP contribution in [0.15, 0.2) is 24.3 Å². The number of benzene rings is 1. The van der Waals surface area contributed by atoms with Gasteiger partial charge in [-0.2, -0.15) is 0 Å². The van der Waals surface area contributed by atoms with Crippen molar-refractivity contribution in [2.24, 2.45) is 5.73 Å². The van der Waals surface area contributed by atoms with Crippen LogP contribution in [0.1, 0.15) is 17.2 Å². The molecule has 3 N–H and O–H groups in total. The molecule has 4 nitrogen and oxygen atoms in total. The van der Waals surface area contributed by atoms with Crippen LogP contribution in [0, 0.1) is 6.92 Å². The van der Waals surface area contributed by atoms with Gasteiger partial charge < -0.3 is 10.8 Å². The van der Waals surface area contributed by atoms with Gasteiger partial charge in [-0.1, -0.05) is 29.8 Å². The van der Waals surface area contributed by atoms with E-state index in [1.807, 2.05) is 19.1 Å². The highest BCUT2D eigenvalue weighted by molar-refractivity contribution is 7.91. The SMILES string of the molecule is Cc1ccc([C@H](N)[C@@H](CO)S(C)(=O)=O)cc1. The van der Waals surface area contributed by atoms with Crippen LogP contribution in [-0.2, 0) is 9.84 Å². The lowest BCUT2D eigenvalue weighted by atomic mass is 10.0. The first-order valence-corrected chi connectivity index (χ1v) is 6.93. The fraction of sp³-hybridized carbons (Fsp3) is 0.455. The number of aliphatic hydroxyl groups excluding tert-OH is 1. The number of hydrogen-bond acceptors (Lipinski definition) is 4. The summed E-state index contributed by atoms with van der Waals surface area (Å²) in [5.74, 6) is 0. The molecule has 0 fully saturated rings. The lowest BCUT2D eigenvalue weighted by Crippen LogP contribution is -2.36. The Kier molecular flexibility index (Phi) is 4.07. The Hall–Kier alpha value is -0.910. The smallest absolute Gasteiger partial charge is 0.154 e. The van der Waals surface area contributed by atoms with Crippen molar-refractivity contribution >= 4 is 9.84 Å². The van der Waals surface area contributed by atoms with Crippen LogP contribution in [0.4, 0.5) is 0 Å². The van der Waals surface area contributed by atoms with Crippen LogP contribution in [-0.4, -0.2) is 31.6 Å². The second-order valence-electron chi connectivity index (χ2n) is 3.99. The summed E-state index contributed by atoms with van der Waals surface area (Å²) in [5, 5.41) is 8.14. The summed E-state index contributed by atoms with van der Waals surface area (Å²) in [7, 11) is -3.35. The van der Waals surface area contributed by atoms with E-state index in [-0.39, 0.29) is 0 Å². The third-order valence-corrected chi connectivity index (χ3v) is 4.13. The standard InChI is InChI=1S/C11H17NO3S/c1-8-3-5-9(6-4-8)11(12)10(7-13)16(2,14)15/h3-6,10-11,13H,7,12H2,1-2H3/t10-,11+/m1/s1. The van der Waals surface area contributed by atoms with E-state index in [4.69, 9.17) is 10.8 Å². The fourth-order valence-electron chi connectivity index (χ4n) is 1.52. The Labute approximate surface area is 96.0 Å². The fourth-order valence-corrected chi connectivity index (χ4v) is 2.48. The first-order valence-electron chi connectivity index (χ1n) is 4.98. The molecule has 1 aromatic carbocycles. The topological polar surface area (TPSA) is 80.4 Å². The second-order valence-corrected chi connectivity index (χ2v) is 6.25. The molecule has 90 valence electrons. The molecule has 0 saturated heterocycles. The van der Waals surface area contributed by atoms with Gasteiger partial charge in [0.2, 0.25) is 0 Å². The van der Waals surface area contributed by atoms with Gasteiger partial charge in [-0.05, 0) is 12.5 Å². The van der Waals surface area contributed by atoms with Crippen LogP contribution in [0.2, 0.25) is 0 Å². The van der Waals surface area contributed by atoms with Crippen molar-refractivity contribution < 1.29 is 13.5 Å². The van der Waals surface area contributed by atoms with Crippen LogP contribution in [0.3, 0.4) is 0 Å². The van der Waals surface area contributed by atoms with Gasteiger partial charge in [0.1, 0.15) is 5.25 Å². The van der Waals surface area contributed by atoms with Crippen LogP contribution in [0.25, 0.3) is 0 Å². The first-order chi connectivity index (χ1) is 7.36. The Morgan fingerprint density at radius 2 is 1.81 bits per heavy atom. The maximum Gasteiger partial charge on any atom is 0.154 e. The first kappa shape index (κ1) is 13.2. The van der Waals surface area contributed by atoms with E-state index >= 15 is 0 Å². The molecule has 0 aliphatic carbocycles. The lowest BCUT2D eigenvalue weighted by molar-refractivity contribution is 0.278. The highest BCUT2D eigenvalue weighted by Gasteiger charge is 2.27. The van der Waals surface area contributed by atoms with Gasteiger partial charge in [0, 0.05) is 12.3 Å². The molecule has 5 heteroatoms. The number of rotatable bonds is 4. The zero-order valence-corrected chi connectivity index (χ0v) is 10.2. The predicted molar refractivity (Wildman–Crippen MR) is 63.8 cm³/mol. The number of aliphatic hydroxyl groups is 1. The summed E-state index contributed by atoms with van der Waals surface area (Å²) in [6.45, 7) is 1.48. The van der Waals surface area contributed by atoms with Crippen molar-refractivity contribution in [3.05, 3.63) is 35.4 Å². The van der Waals surface area contributed by atoms with Crippen molar-refractivity contribution in [1.29, 1.82) is 0 Å². The van der Waals surface area contributed by atoms with E-state index < -0.39 is 27.7 Å². The maximum absolute atomic E-state index is 11.4. The van der Waals surface area contributed by atoms with E-state index in [1.54, 1.807) is 12.1 Å². The molecule has 0 bridgehead atoms. The third-order valence-electron chi connectivity index (χ3n) is 2.59. The van der Waals surface area contributed by atoms with Gasteiger partial charge in [0.25, 0.3) is 0 Å². The van der Waals surface area contributed by atoms with Gasteiger partial charge >= 0.3 is 0 Å². The number of hydrogen-bond donors (Lipinski definition) is 2. The largest absolute Gasteiger partial charge is 0.395 e. The molecule has 0 saturated carbocycles. The Bertz CT molecular complexity index is 439. The van der Waals surface area contributed by atoms with Gasteiger partial charge in [-0.15, -0.1) is 0 Å². The van der Waals surface area contributed by atoms with Crippen molar-refractivity contribution in [3.8, 4) is 0 Å². The maximum atomic E-state index is 11.4. The molecule has 0 unspecified atom stereocenters. The van der Waals surface area contributed by atoms with Gasteiger partial charge in [-0.3, -0.25) is 0 Å². The number of nitrogens with two attached hydrogens (primary N) is 1. The van der Waals surface area contributed by atoms with E-state index in [0.29, 0.717) is 0 Å². The molecule has 0 aliphatic heterocycles.